The van der Waals surface area contributed by atoms with Crippen molar-refractivity contribution in [2.45, 2.75) is 6.54 Å². The first-order valence-corrected chi connectivity index (χ1v) is 3.71. The Bertz CT molecular complexity index is 312. The minimum atomic E-state index is 0.250. The summed E-state index contributed by atoms with van der Waals surface area (Å²) in [6.45, 7) is 0.649. The molecule has 0 atom stereocenters. The molecule has 0 aliphatic heterocycles. The highest BCUT2D eigenvalue weighted by atomic mass is 16.3. The summed E-state index contributed by atoms with van der Waals surface area (Å²) in [5.41, 5.74) is 1.56. The molecule has 1 aromatic carbocycles. The van der Waals surface area contributed by atoms with Crippen molar-refractivity contribution in [2.75, 3.05) is 7.05 Å². The highest BCUT2D eigenvalue weighted by molar-refractivity contribution is 5.42. The normalized spacial score (nSPS) is 9.33. The smallest absolute Gasteiger partial charge is 0.121 e. The van der Waals surface area contributed by atoms with Gasteiger partial charge in [0.05, 0.1) is 0 Å². The molecule has 1 aromatic rings. The summed E-state index contributed by atoms with van der Waals surface area (Å²) in [6, 6.07) is 5.22. The zero-order valence-corrected chi connectivity index (χ0v) is 6.96. The number of aromatic hydroxyl groups is 1. The van der Waals surface area contributed by atoms with E-state index in [0.29, 0.717) is 12.1 Å². The van der Waals surface area contributed by atoms with Crippen molar-refractivity contribution >= 4 is 0 Å². The van der Waals surface area contributed by atoms with Gasteiger partial charge in [0.15, 0.2) is 0 Å². The first-order chi connectivity index (χ1) is 5.77. The minimum absolute atomic E-state index is 0.250. The van der Waals surface area contributed by atoms with E-state index in [4.69, 9.17) is 6.42 Å². The van der Waals surface area contributed by atoms with Gasteiger partial charge in [-0.05, 0) is 19.2 Å². The summed E-state index contributed by atoms with van der Waals surface area (Å²) in [7, 11) is 1.83. The summed E-state index contributed by atoms with van der Waals surface area (Å²) < 4.78 is 0. The Kier molecular flexibility index (Phi) is 2.73. The number of hydrogen-bond donors (Lipinski definition) is 2. The van der Waals surface area contributed by atoms with E-state index in [9.17, 15) is 5.11 Å². The molecule has 0 saturated heterocycles. The van der Waals surface area contributed by atoms with Crippen molar-refractivity contribution < 1.29 is 5.11 Å². The molecule has 2 N–H and O–H groups in total. The van der Waals surface area contributed by atoms with Crippen LogP contribution in [-0.2, 0) is 6.54 Å². The van der Waals surface area contributed by atoms with Gasteiger partial charge in [-0.2, -0.15) is 0 Å². The third-order valence-corrected chi connectivity index (χ3v) is 1.62. The van der Waals surface area contributed by atoms with Crippen LogP contribution in [-0.4, -0.2) is 12.2 Å². The molecule has 0 bridgehead atoms. The molecule has 0 aliphatic carbocycles. The second kappa shape index (κ2) is 3.80. The van der Waals surface area contributed by atoms with Gasteiger partial charge in [-0.1, -0.05) is 12.0 Å². The first-order valence-electron chi connectivity index (χ1n) is 3.71. The Balaban J connectivity index is 2.97. The molecule has 0 aromatic heterocycles. The fraction of sp³-hybridized carbons (Fsp3) is 0.200. The van der Waals surface area contributed by atoms with E-state index in [0.717, 1.165) is 5.56 Å². The van der Waals surface area contributed by atoms with Crippen molar-refractivity contribution in [3.63, 3.8) is 0 Å². The zero-order valence-electron chi connectivity index (χ0n) is 6.96. The first kappa shape index (κ1) is 8.63. The highest BCUT2D eigenvalue weighted by Crippen LogP contribution is 2.17. The molecule has 0 amide bonds. The number of terminal acetylenes is 1. The van der Waals surface area contributed by atoms with E-state index in [-0.39, 0.29) is 5.75 Å². The average Bonchev–Trinajstić information content (AvgIpc) is 2.09. The summed E-state index contributed by atoms with van der Waals surface area (Å²) in [6.07, 6.45) is 5.17. The van der Waals surface area contributed by atoms with Gasteiger partial charge in [0.25, 0.3) is 0 Å². The average molecular weight is 161 g/mol. The Labute approximate surface area is 72.2 Å². The van der Waals surface area contributed by atoms with Crippen LogP contribution in [0, 0.1) is 12.3 Å². The largest absolute Gasteiger partial charge is 0.508 e. The predicted octanol–water partition coefficient (Wildman–Crippen LogP) is 1.09. The quantitative estimate of drug-likeness (QED) is 0.636. The minimum Gasteiger partial charge on any atom is -0.508 e. The fourth-order valence-electron chi connectivity index (χ4n) is 0.994. The molecule has 0 radical (unpaired) electrons. The molecular weight excluding hydrogens is 150 g/mol. The SMILES string of the molecule is C#Cc1ccc(CNC)c(O)c1. The summed E-state index contributed by atoms with van der Waals surface area (Å²) in [5.74, 6) is 2.71. The number of benzene rings is 1. The van der Waals surface area contributed by atoms with Crippen LogP contribution >= 0.6 is 0 Å². The highest BCUT2D eigenvalue weighted by Gasteiger charge is 1.99. The lowest BCUT2D eigenvalue weighted by molar-refractivity contribution is 0.466. The van der Waals surface area contributed by atoms with Gasteiger partial charge in [0.1, 0.15) is 5.75 Å². The van der Waals surface area contributed by atoms with Crippen molar-refractivity contribution in [1.29, 1.82) is 0 Å². The molecule has 0 heterocycles. The van der Waals surface area contributed by atoms with E-state index in [1.54, 1.807) is 6.07 Å². The number of phenolic OH excluding ortho intramolecular Hbond substituents is 1. The maximum atomic E-state index is 9.42. The topological polar surface area (TPSA) is 32.3 Å². The Hall–Kier alpha value is -1.46. The van der Waals surface area contributed by atoms with Gasteiger partial charge in [-0.25, -0.2) is 0 Å². The second-order valence-electron chi connectivity index (χ2n) is 2.52. The van der Waals surface area contributed by atoms with Crippen LogP contribution in [0.4, 0.5) is 0 Å². The van der Waals surface area contributed by atoms with Crippen LogP contribution in [0.15, 0.2) is 18.2 Å². The third kappa shape index (κ3) is 1.77. The standard InChI is InChI=1S/C10H11NO/c1-3-8-4-5-9(7-11-2)10(12)6-8/h1,4-6,11-12H,7H2,2H3. The maximum Gasteiger partial charge on any atom is 0.121 e. The van der Waals surface area contributed by atoms with Gasteiger partial charge in [0.2, 0.25) is 0 Å². The maximum absolute atomic E-state index is 9.42. The number of rotatable bonds is 2. The summed E-state index contributed by atoms with van der Waals surface area (Å²) in [4.78, 5) is 0. The van der Waals surface area contributed by atoms with E-state index >= 15 is 0 Å². The molecule has 2 heteroatoms. The van der Waals surface area contributed by atoms with Crippen molar-refractivity contribution in [3.8, 4) is 18.1 Å². The summed E-state index contributed by atoms with van der Waals surface area (Å²) >= 11 is 0. The molecular formula is C10H11NO. The van der Waals surface area contributed by atoms with Crippen molar-refractivity contribution in [1.82, 2.24) is 5.32 Å². The fourth-order valence-corrected chi connectivity index (χ4v) is 0.994. The van der Waals surface area contributed by atoms with Crippen LogP contribution in [0.1, 0.15) is 11.1 Å². The number of nitrogens with one attached hydrogen (secondary N) is 1. The lowest BCUT2D eigenvalue weighted by atomic mass is 10.1. The van der Waals surface area contributed by atoms with Gasteiger partial charge < -0.3 is 10.4 Å². The van der Waals surface area contributed by atoms with Crippen LogP contribution in [0.5, 0.6) is 5.75 Å². The lowest BCUT2D eigenvalue weighted by Gasteiger charge is -2.03. The Morgan fingerprint density at radius 1 is 1.58 bits per heavy atom. The van der Waals surface area contributed by atoms with Gasteiger partial charge in [-0.15, -0.1) is 6.42 Å². The van der Waals surface area contributed by atoms with Crippen LogP contribution in [0.3, 0.4) is 0 Å². The van der Waals surface area contributed by atoms with E-state index in [1.165, 1.54) is 0 Å². The van der Waals surface area contributed by atoms with Crippen LogP contribution in [0.2, 0.25) is 0 Å². The third-order valence-electron chi connectivity index (χ3n) is 1.62. The van der Waals surface area contributed by atoms with E-state index < -0.39 is 0 Å². The van der Waals surface area contributed by atoms with Crippen LogP contribution < -0.4 is 5.32 Å². The van der Waals surface area contributed by atoms with Gasteiger partial charge in [-0.3, -0.25) is 0 Å². The molecule has 0 fully saturated rings. The Morgan fingerprint density at radius 2 is 2.33 bits per heavy atom. The molecule has 0 saturated carbocycles. The van der Waals surface area contributed by atoms with Gasteiger partial charge in [0, 0.05) is 17.7 Å². The van der Waals surface area contributed by atoms with Gasteiger partial charge >= 0.3 is 0 Å². The Morgan fingerprint density at radius 3 is 2.83 bits per heavy atom. The van der Waals surface area contributed by atoms with Crippen molar-refractivity contribution in [2.24, 2.45) is 0 Å². The molecule has 0 spiro atoms. The van der Waals surface area contributed by atoms with E-state index in [1.807, 2.05) is 19.2 Å². The second-order valence-corrected chi connectivity index (χ2v) is 2.52. The zero-order chi connectivity index (χ0) is 8.97. The monoisotopic (exact) mass is 161 g/mol. The predicted molar refractivity (Wildman–Crippen MR) is 48.8 cm³/mol. The van der Waals surface area contributed by atoms with Crippen molar-refractivity contribution in [3.05, 3.63) is 29.3 Å². The van der Waals surface area contributed by atoms with E-state index in [2.05, 4.69) is 11.2 Å². The lowest BCUT2D eigenvalue weighted by Crippen LogP contribution is -2.04. The molecule has 0 aliphatic rings. The number of phenols is 1. The summed E-state index contributed by atoms with van der Waals surface area (Å²) in [5, 5.41) is 12.4. The molecule has 0 unspecified atom stereocenters. The molecule has 1 rings (SSSR count). The number of hydrogen-bond acceptors (Lipinski definition) is 2. The molecule has 62 valence electrons. The molecule has 2 nitrogen and oxygen atoms in total. The van der Waals surface area contributed by atoms with Crippen LogP contribution in [0.25, 0.3) is 0 Å². The molecule has 12 heavy (non-hydrogen) atoms.